The van der Waals surface area contributed by atoms with E-state index in [0.717, 1.165) is 4.47 Å². The molecule has 0 saturated carbocycles. The summed E-state index contributed by atoms with van der Waals surface area (Å²) in [6.07, 6.45) is 1.46. The van der Waals surface area contributed by atoms with Gasteiger partial charge >= 0.3 is 5.97 Å². The van der Waals surface area contributed by atoms with E-state index in [0.29, 0.717) is 11.3 Å². The Morgan fingerprint density at radius 1 is 0.971 bits per heavy atom. The number of hydrogen-bond acceptors (Lipinski definition) is 6. The predicted octanol–water partition coefficient (Wildman–Crippen LogP) is 3.47. The van der Waals surface area contributed by atoms with Gasteiger partial charge in [0.05, 0.1) is 21.3 Å². The minimum absolute atomic E-state index is 0.132. The van der Waals surface area contributed by atoms with E-state index >= 15 is 0 Å². The van der Waals surface area contributed by atoms with E-state index in [-0.39, 0.29) is 28.7 Å². The fourth-order valence-electron chi connectivity index (χ4n) is 3.02. The van der Waals surface area contributed by atoms with Gasteiger partial charge in [0.2, 0.25) is 5.75 Å². The topological polar surface area (TPSA) is 123 Å². The molecular formula is C24H27BrN2O7. The van der Waals surface area contributed by atoms with Crippen LogP contribution in [0.25, 0.3) is 6.08 Å². The van der Waals surface area contributed by atoms with E-state index in [4.69, 9.17) is 14.2 Å². The summed E-state index contributed by atoms with van der Waals surface area (Å²) in [5.41, 5.74) is 0.630. The van der Waals surface area contributed by atoms with E-state index in [1.807, 2.05) is 0 Å². The molecule has 34 heavy (non-hydrogen) atoms. The van der Waals surface area contributed by atoms with Crippen molar-refractivity contribution in [2.75, 3.05) is 21.3 Å². The molecule has 0 aromatic heterocycles. The molecular weight excluding hydrogens is 508 g/mol. The van der Waals surface area contributed by atoms with Crippen LogP contribution in [0.1, 0.15) is 29.8 Å². The van der Waals surface area contributed by atoms with Gasteiger partial charge in [0, 0.05) is 10.0 Å². The Kier molecular flexibility index (Phi) is 9.49. The molecule has 0 spiro atoms. The summed E-state index contributed by atoms with van der Waals surface area (Å²) < 4.78 is 16.7. The monoisotopic (exact) mass is 534 g/mol. The zero-order valence-electron chi connectivity index (χ0n) is 19.5. The van der Waals surface area contributed by atoms with Gasteiger partial charge in [-0.1, -0.05) is 41.9 Å². The summed E-state index contributed by atoms with van der Waals surface area (Å²) in [4.78, 5) is 37.7. The molecule has 0 fully saturated rings. The van der Waals surface area contributed by atoms with Crippen LogP contribution >= 0.6 is 15.9 Å². The summed E-state index contributed by atoms with van der Waals surface area (Å²) in [6.45, 7) is 3.34. The maximum absolute atomic E-state index is 13.1. The molecule has 0 radical (unpaired) electrons. The summed E-state index contributed by atoms with van der Waals surface area (Å²) >= 11 is 3.35. The number of carbonyl (C=O) groups is 3. The largest absolute Gasteiger partial charge is 0.493 e. The summed E-state index contributed by atoms with van der Waals surface area (Å²) in [6, 6.07) is 8.77. The first-order valence-electron chi connectivity index (χ1n) is 10.2. The van der Waals surface area contributed by atoms with Crippen LogP contribution in [0.5, 0.6) is 17.2 Å². The Balaban J connectivity index is 2.45. The summed E-state index contributed by atoms with van der Waals surface area (Å²) in [5.74, 6) is -2.09. The van der Waals surface area contributed by atoms with Crippen molar-refractivity contribution in [1.29, 1.82) is 0 Å². The Morgan fingerprint density at radius 3 is 1.97 bits per heavy atom. The van der Waals surface area contributed by atoms with E-state index in [2.05, 4.69) is 26.6 Å². The molecule has 0 aliphatic carbocycles. The molecule has 2 rings (SSSR count). The normalized spacial score (nSPS) is 12.0. The van der Waals surface area contributed by atoms with E-state index in [1.165, 1.54) is 39.5 Å². The summed E-state index contributed by atoms with van der Waals surface area (Å²) in [5, 5.41) is 14.5. The highest BCUT2D eigenvalue weighted by atomic mass is 79.9. The van der Waals surface area contributed by atoms with Crippen LogP contribution in [0.15, 0.2) is 46.6 Å². The number of benzene rings is 2. The van der Waals surface area contributed by atoms with Crippen LogP contribution in [-0.4, -0.2) is 50.3 Å². The van der Waals surface area contributed by atoms with Crippen LogP contribution in [0.4, 0.5) is 0 Å². The minimum atomic E-state index is -1.18. The number of nitrogens with one attached hydrogen (secondary N) is 2. The van der Waals surface area contributed by atoms with Gasteiger partial charge in [-0.05, 0) is 41.8 Å². The highest BCUT2D eigenvalue weighted by Gasteiger charge is 2.26. The molecule has 10 heteroatoms. The van der Waals surface area contributed by atoms with E-state index in [1.54, 1.807) is 38.1 Å². The van der Waals surface area contributed by atoms with Crippen molar-refractivity contribution in [1.82, 2.24) is 10.6 Å². The van der Waals surface area contributed by atoms with Crippen LogP contribution in [0.2, 0.25) is 0 Å². The number of carboxylic acids is 1. The minimum Gasteiger partial charge on any atom is -0.493 e. The quantitative estimate of drug-likeness (QED) is 0.398. The zero-order chi connectivity index (χ0) is 25.4. The highest BCUT2D eigenvalue weighted by molar-refractivity contribution is 9.10. The Hall–Kier alpha value is -3.53. The number of rotatable bonds is 10. The van der Waals surface area contributed by atoms with Crippen LogP contribution < -0.4 is 24.8 Å². The Bertz CT molecular complexity index is 1060. The molecule has 3 N–H and O–H groups in total. The number of amides is 2. The Labute approximate surface area is 206 Å². The molecule has 2 aromatic carbocycles. The van der Waals surface area contributed by atoms with Gasteiger partial charge in [-0.15, -0.1) is 0 Å². The predicted molar refractivity (Wildman–Crippen MR) is 130 cm³/mol. The third kappa shape index (κ3) is 6.74. The SMILES string of the molecule is COc1cc(C(=O)N/C(=C/c2ccc(Br)cc2)C(=O)NC(C(=O)O)C(C)C)cc(OC)c1OC. The van der Waals surface area contributed by atoms with Gasteiger partial charge in [-0.3, -0.25) is 9.59 Å². The maximum Gasteiger partial charge on any atom is 0.326 e. The molecule has 2 amide bonds. The number of methoxy groups -OCH3 is 3. The highest BCUT2D eigenvalue weighted by Crippen LogP contribution is 2.38. The average Bonchev–Trinajstić information content (AvgIpc) is 2.81. The first-order valence-corrected chi connectivity index (χ1v) is 11.0. The smallest absolute Gasteiger partial charge is 0.326 e. The average molecular weight is 535 g/mol. The second kappa shape index (κ2) is 12.1. The molecule has 0 saturated heterocycles. The number of aliphatic carboxylic acids is 1. The molecule has 0 bridgehead atoms. The molecule has 0 aliphatic rings. The van der Waals surface area contributed by atoms with Gasteiger partial charge in [-0.2, -0.15) is 0 Å². The second-order valence-electron chi connectivity index (χ2n) is 7.51. The van der Waals surface area contributed by atoms with E-state index < -0.39 is 23.8 Å². The van der Waals surface area contributed by atoms with Gasteiger partial charge in [-0.25, -0.2) is 4.79 Å². The van der Waals surface area contributed by atoms with Crippen LogP contribution in [0, 0.1) is 5.92 Å². The van der Waals surface area contributed by atoms with Crippen molar-refractivity contribution in [3.05, 3.63) is 57.7 Å². The molecule has 0 aliphatic heterocycles. The number of hydrogen-bond donors (Lipinski definition) is 3. The molecule has 2 aromatic rings. The number of halogens is 1. The molecule has 9 nitrogen and oxygen atoms in total. The third-order valence-electron chi connectivity index (χ3n) is 4.82. The fraction of sp³-hybridized carbons (Fsp3) is 0.292. The third-order valence-corrected chi connectivity index (χ3v) is 5.35. The van der Waals surface area contributed by atoms with Gasteiger partial charge in [0.25, 0.3) is 11.8 Å². The molecule has 1 atom stereocenters. The van der Waals surface area contributed by atoms with Gasteiger partial charge in [0.1, 0.15) is 11.7 Å². The van der Waals surface area contributed by atoms with Crippen molar-refractivity contribution in [3.8, 4) is 17.2 Å². The number of ether oxygens (including phenoxy) is 3. The van der Waals surface area contributed by atoms with Crippen LogP contribution in [0.3, 0.4) is 0 Å². The molecule has 182 valence electrons. The second-order valence-corrected chi connectivity index (χ2v) is 8.43. The van der Waals surface area contributed by atoms with Crippen LogP contribution in [-0.2, 0) is 9.59 Å². The lowest BCUT2D eigenvalue weighted by molar-refractivity contribution is -0.142. The van der Waals surface area contributed by atoms with Crippen molar-refractivity contribution in [2.24, 2.45) is 5.92 Å². The van der Waals surface area contributed by atoms with Gasteiger partial charge < -0.3 is 30.0 Å². The van der Waals surface area contributed by atoms with Gasteiger partial charge in [0.15, 0.2) is 11.5 Å². The van der Waals surface area contributed by atoms with Crippen molar-refractivity contribution >= 4 is 39.8 Å². The number of carboxylic acid groups (broad SMARTS) is 1. The van der Waals surface area contributed by atoms with E-state index in [9.17, 15) is 19.5 Å². The maximum atomic E-state index is 13.1. The van der Waals surface area contributed by atoms with Crippen molar-refractivity contribution in [3.63, 3.8) is 0 Å². The lowest BCUT2D eigenvalue weighted by Gasteiger charge is -2.19. The van der Waals surface area contributed by atoms with Crippen molar-refractivity contribution in [2.45, 2.75) is 19.9 Å². The first kappa shape index (κ1) is 26.7. The summed E-state index contributed by atoms with van der Waals surface area (Å²) in [7, 11) is 4.28. The lowest BCUT2D eigenvalue weighted by atomic mass is 10.0. The fourth-order valence-corrected chi connectivity index (χ4v) is 3.29. The molecule has 0 heterocycles. The lowest BCUT2D eigenvalue weighted by Crippen LogP contribution is -2.47. The van der Waals surface area contributed by atoms with Crippen molar-refractivity contribution < 1.29 is 33.7 Å². The zero-order valence-corrected chi connectivity index (χ0v) is 21.1. The Morgan fingerprint density at radius 2 is 1.53 bits per heavy atom. The number of carbonyl (C=O) groups excluding carboxylic acids is 2. The first-order chi connectivity index (χ1) is 16.1. The molecule has 1 unspecified atom stereocenters. The standard InChI is InChI=1S/C24H27BrN2O7/c1-13(2)20(24(30)31)27-23(29)17(10-14-6-8-16(25)9-7-14)26-22(28)15-11-18(32-3)21(34-5)19(12-15)33-4/h6-13,20H,1-5H3,(H,26,28)(H,27,29)(H,30,31)/b17-10+.